The molecule has 0 aromatic carbocycles. The van der Waals surface area contributed by atoms with Crippen molar-refractivity contribution in [1.82, 2.24) is 14.9 Å². The number of nitrogen functional groups attached to an aromatic ring is 1. The topological polar surface area (TPSA) is 118 Å². The number of amides is 1. The third kappa shape index (κ3) is 4.43. The maximum Gasteiger partial charge on any atom is 0.407 e. The summed E-state index contributed by atoms with van der Waals surface area (Å²) in [7, 11) is 0. The Bertz CT molecular complexity index is 562. The van der Waals surface area contributed by atoms with E-state index in [1.807, 2.05) is 6.92 Å². The Morgan fingerprint density at radius 3 is 3.18 bits per heavy atom. The summed E-state index contributed by atoms with van der Waals surface area (Å²) in [4.78, 5) is 26.7. The van der Waals surface area contributed by atoms with Crippen LogP contribution in [0.5, 0.6) is 0 Å². The number of hydrogen-bond acceptors (Lipinski definition) is 7. The van der Waals surface area contributed by atoms with Crippen LogP contribution in [0.25, 0.3) is 0 Å². The Hall–Kier alpha value is -2.13. The zero-order valence-corrected chi connectivity index (χ0v) is 12.4. The lowest BCUT2D eigenvalue weighted by Gasteiger charge is -2.13. The second-order valence-electron chi connectivity index (χ2n) is 4.77. The van der Waals surface area contributed by atoms with Crippen molar-refractivity contribution in [3.8, 4) is 0 Å². The Morgan fingerprint density at radius 2 is 2.45 bits per heavy atom. The van der Waals surface area contributed by atoms with Gasteiger partial charge in [0.15, 0.2) is 12.5 Å². The lowest BCUT2D eigenvalue weighted by atomic mass is 10.3. The van der Waals surface area contributed by atoms with E-state index in [1.54, 1.807) is 0 Å². The minimum atomic E-state index is -0.716. The summed E-state index contributed by atoms with van der Waals surface area (Å²) in [5.41, 5.74) is 4.90. The van der Waals surface area contributed by atoms with E-state index in [-0.39, 0.29) is 19.0 Å². The molecule has 1 aromatic rings. The number of rotatable bonds is 6. The van der Waals surface area contributed by atoms with Crippen LogP contribution in [0.4, 0.5) is 10.6 Å². The molecule has 1 saturated heterocycles. The zero-order chi connectivity index (χ0) is 15.9. The molecule has 0 aliphatic carbocycles. The summed E-state index contributed by atoms with van der Waals surface area (Å²) in [6.45, 7) is 2.71. The van der Waals surface area contributed by atoms with Gasteiger partial charge in [0.2, 0.25) is 0 Å². The molecule has 0 radical (unpaired) electrons. The van der Waals surface area contributed by atoms with Crippen LogP contribution in [0, 0.1) is 0 Å². The number of carbonyl (C=O) groups is 1. The summed E-state index contributed by atoms with van der Waals surface area (Å²) in [6.07, 6.45) is 1.51. The van der Waals surface area contributed by atoms with E-state index in [0.717, 1.165) is 12.8 Å². The first-order valence-electron chi connectivity index (χ1n) is 7.12. The summed E-state index contributed by atoms with van der Waals surface area (Å²) in [5, 5.41) is 2.61. The fourth-order valence-corrected chi connectivity index (χ4v) is 1.88. The molecule has 122 valence electrons. The highest BCUT2D eigenvalue weighted by Crippen LogP contribution is 2.19. The van der Waals surface area contributed by atoms with Crippen LogP contribution in [0.15, 0.2) is 17.1 Å². The summed E-state index contributed by atoms with van der Waals surface area (Å²) in [6, 6.07) is 1.50. The molecule has 1 fully saturated rings. The largest absolute Gasteiger partial charge is 0.444 e. The number of nitrogens with two attached hydrogens (primary N) is 1. The number of carbonyl (C=O) groups excluding carboxylic acids is 1. The fraction of sp³-hybridized carbons (Fsp3) is 0.615. The molecule has 2 unspecified atom stereocenters. The molecule has 3 N–H and O–H groups in total. The van der Waals surface area contributed by atoms with Gasteiger partial charge in [0.1, 0.15) is 12.4 Å². The average Bonchev–Trinajstić information content (AvgIpc) is 2.94. The van der Waals surface area contributed by atoms with E-state index >= 15 is 0 Å². The quantitative estimate of drug-likeness (QED) is 0.721. The highest BCUT2D eigenvalue weighted by molar-refractivity contribution is 5.67. The molecule has 9 nitrogen and oxygen atoms in total. The van der Waals surface area contributed by atoms with Crippen LogP contribution in [-0.4, -0.2) is 41.7 Å². The first kappa shape index (κ1) is 16.2. The maximum absolute atomic E-state index is 11.7. The lowest BCUT2D eigenvalue weighted by molar-refractivity contribution is -0.101. The highest BCUT2D eigenvalue weighted by Gasteiger charge is 2.29. The second-order valence-corrected chi connectivity index (χ2v) is 4.77. The van der Waals surface area contributed by atoms with E-state index in [1.165, 1.54) is 16.8 Å². The van der Waals surface area contributed by atoms with E-state index in [4.69, 9.17) is 19.9 Å². The number of aromatic nitrogens is 2. The molecule has 2 heterocycles. The van der Waals surface area contributed by atoms with E-state index < -0.39 is 24.3 Å². The molecule has 22 heavy (non-hydrogen) atoms. The number of ether oxygens (including phenoxy) is 3. The van der Waals surface area contributed by atoms with Gasteiger partial charge in [-0.2, -0.15) is 4.98 Å². The van der Waals surface area contributed by atoms with E-state index in [9.17, 15) is 9.59 Å². The van der Waals surface area contributed by atoms with Crippen molar-refractivity contribution in [2.24, 2.45) is 0 Å². The van der Waals surface area contributed by atoms with Gasteiger partial charge in [-0.05, 0) is 12.5 Å². The summed E-state index contributed by atoms with van der Waals surface area (Å²) >= 11 is 0. The Kier molecular flexibility index (Phi) is 5.73. The van der Waals surface area contributed by atoms with Crippen molar-refractivity contribution in [2.75, 3.05) is 25.5 Å². The smallest absolute Gasteiger partial charge is 0.407 e. The molecule has 1 aliphatic rings. The zero-order valence-electron chi connectivity index (χ0n) is 12.4. The minimum Gasteiger partial charge on any atom is -0.444 e. The van der Waals surface area contributed by atoms with E-state index in [2.05, 4.69) is 10.3 Å². The van der Waals surface area contributed by atoms with Gasteiger partial charge >= 0.3 is 11.8 Å². The number of hydrogen-bond donors (Lipinski definition) is 2. The van der Waals surface area contributed by atoms with Crippen molar-refractivity contribution in [2.45, 2.75) is 32.3 Å². The number of nitrogens with one attached hydrogen (secondary N) is 1. The van der Waals surface area contributed by atoms with Gasteiger partial charge < -0.3 is 25.3 Å². The number of unbranched alkanes of at least 4 members (excludes halogenated alkanes) is 1. The number of anilines is 1. The first-order valence-corrected chi connectivity index (χ1v) is 7.12. The Labute approximate surface area is 127 Å². The van der Waals surface area contributed by atoms with Crippen LogP contribution in [0.1, 0.15) is 26.0 Å². The van der Waals surface area contributed by atoms with Crippen LogP contribution >= 0.6 is 0 Å². The molecular formula is C13H20N4O5. The predicted molar refractivity (Wildman–Crippen MR) is 77.0 cm³/mol. The summed E-state index contributed by atoms with van der Waals surface area (Å²) < 4.78 is 17.1. The third-order valence-electron chi connectivity index (χ3n) is 3.05. The molecule has 0 bridgehead atoms. The first-order chi connectivity index (χ1) is 10.6. The Balaban J connectivity index is 1.78. The van der Waals surface area contributed by atoms with Gasteiger partial charge in [0.05, 0.1) is 6.61 Å². The Morgan fingerprint density at radius 1 is 1.64 bits per heavy atom. The predicted octanol–water partition coefficient (Wildman–Crippen LogP) is 0.223. The van der Waals surface area contributed by atoms with Gasteiger partial charge in [0, 0.05) is 12.7 Å². The molecular weight excluding hydrogens is 292 g/mol. The number of alkyl carbamates (subject to hydrolysis) is 1. The van der Waals surface area contributed by atoms with Crippen LogP contribution in [-0.2, 0) is 14.2 Å². The van der Waals surface area contributed by atoms with Crippen molar-refractivity contribution in [1.29, 1.82) is 0 Å². The highest BCUT2D eigenvalue weighted by atomic mass is 16.7. The average molecular weight is 312 g/mol. The maximum atomic E-state index is 11.7. The molecule has 1 aliphatic heterocycles. The van der Waals surface area contributed by atoms with Crippen molar-refractivity contribution >= 4 is 11.9 Å². The molecule has 9 heteroatoms. The normalized spacial score (nSPS) is 20.8. The SMILES string of the molecule is CCCCNC(=O)OCC1OCC(n2ccc(N)nc2=O)O1. The van der Waals surface area contributed by atoms with Gasteiger partial charge in [-0.15, -0.1) is 0 Å². The van der Waals surface area contributed by atoms with Gasteiger partial charge in [-0.25, -0.2) is 9.59 Å². The minimum absolute atomic E-state index is 0.0500. The third-order valence-corrected chi connectivity index (χ3v) is 3.05. The van der Waals surface area contributed by atoms with Gasteiger partial charge in [-0.1, -0.05) is 13.3 Å². The second kappa shape index (κ2) is 7.76. The molecule has 2 atom stereocenters. The van der Waals surface area contributed by atoms with Crippen LogP contribution < -0.4 is 16.7 Å². The van der Waals surface area contributed by atoms with Crippen molar-refractivity contribution in [3.05, 3.63) is 22.7 Å². The van der Waals surface area contributed by atoms with E-state index in [0.29, 0.717) is 6.54 Å². The molecule has 0 saturated carbocycles. The molecule has 0 spiro atoms. The number of nitrogens with zero attached hydrogens (tertiary/aromatic N) is 2. The fourth-order valence-electron chi connectivity index (χ4n) is 1.88. The molecule has 1 amide bonds. The summed E-state index contributed by atoms with van der Waals surface area (Å²) in [5.74, 6) is 0.142. The molecule has 2 rings (SSSR count). The van der Waals surface area contributed by atoms with Gasteiger partial charge in [0.25, 0.3) is 0 Å². The van der Waals surface area contributed by atoms with Crippen LogP contribution in [0.2, 0.25) is 0 Å². The van der Waals surface area contributed by atoms with Crippen molar-refractivity contribution < 1.29 is 19.0 Å². The van der Waals surface area contributed by atoms with Crippen molar-refractivity contribution in [3.63, 3.8) is 0 Å². The van der Waals surface area contributed by atoms with Crippen LogP contribution in [0.3, 0.4) is 0 Å². The van der Waals surface area contributed by atoms with Gasteiger partial charge in [-0.3, -0.25) is 4.57 Å². The lowest BCUT2D eigenvalue weighted by Crippen LogP contribution is -2.30. The molecule has 1 aromatic heterocycles. The monoisotopic (exact) mass is 312 g/mol. The standard InChI is InChI=1S/C13H20N4O5/c1-2-3-5-15-13(19)21-8-11-20-7-10(22-11)17-6-4-9(14)16-12(17)18/h4,6,10-11H,2-3,5,7-8H2,1H3,(H,15,19)(H2,14,16,18).